The minimum atomic E-state index is 0.640. The van der Waals surface area contributed by atoms with Crippen molar-refractivity contribution < 1.29 is 0 Å². The number of aromatic nitrogens is 4. The van der Waals surface area contributed by atoms with Crippen molar-refractivity contribution in [2.24, 2.45) is 0 Å². The Bertz CT molecular complexity index is 3430. The van der Waals surface area contributed by atoms with Crippen molar-refractivity contribution in [1.82, 2.24) is 19.1 Å². The van der Waals surface area contributed by atoms with E-state index in [1.807, 2.05) is 36.4 Å². The molecule has 10 aromatic rings. The molecule has 0 unspecified atom stereocenters. The molecule has 0 saturated heterocycles. The number of allylic oxidation sites excluding steroid dienone is 8. The summed E-state index contributed by atoms with van der Waals surface area (Å²) in [5, 5.41) is 4.89. The van der Waals surface area contributed by atoms with Gasteiger partial charge in [-0.15, -0.1) is 0 Å². The van der Waals surface area contributed by atoms with Crippen LogP contribution in [0.3, 0.4) is 0 Å². The molecule has 1 aliphatic rings. The van der Waals surface area contributed by atoms with Crippen LogP contribution in [0.5, 0.6) is 0 Å². The standard InChI is InChI=1S/C58H42N4/c1-3-20-39(4-2)51-38-52(42-25-12-7-13-26-42)60-58(59-51)43-35-48(40-21-8-5-9-22-40)57(49(36-43)41-23-10-6-11-24-41)62-55-32-19-16-29-47(55)50-37-44(33-34-56(50)62)61-53-30-17-14-27-45(53)46-28-15-18-31-54(46)61/h3-5,7-10,12-38H,1-2,6,11H2/b39-20+. The Morgan fingerprint density at radius 1 is 0.516 bits per heavy atom. The maximum Gasteiger partial charge on any atom is 0.160 e. The van der Waals surface area contributed by atoms with Gasteiger partial charge in [-0.25, -0.2) is 9.97 Å². The summed E-state index contributed by atoms with van der Waals surface area (Å²) in [6, 6.07) is 60.9. The molecule has 0 spiro atoms. The summed E-state index contributed by atoms with van der Waals surface area (Å²) in [6.45, 7) is 8.11. The number of hydrogen-bond acceptors (Lipinski definition) is 2. The Morgan fingerprint density at radius 3 is 1.76 bits per heavy atom. The second-order valence-corrected chi connectivity index (χ2v) is 15.7. The van der Waals surface area contributed by atoms with E-state index < -0.39 is 0 Å². The summed E-state index contributed by atoms with van der Waals surface area (Å²) in [6.07, 6.45) is 14.5. The van der Waals surface area contributed by atoms with Gasteiger partial charge >= 0.3 is 0 Å². The molecule has 0 saturated carbocycles. The van der Waals surface area contributed by atoms with Gasteiger partial charge in [-0.1, -0.05) is 165 Å². The number of hydrogen-bond donors (Lipinski definition) is 0. The van der Waals surface area contributed by atoms with Crippen LogP contribution in [0.1, 0.15) is 24.1 Å². The molecule has 0 radical (unpaired) electrons. The lowest BCUT2D eigenvalue weighted by atomic mass is 9.90. The van der Waals surface area contributed by atoms with Gasteiger partial charge in [-0.05, 0) is 84.1 Å². The van der Waals surface area contributed by atoms with Crippen LogP contribution in [0.25, 0.3) is 99.9 Å². The highest BCUT2D eigenvalue weighted by Gasteiger charge is 2.24. The van der Waals surface area contributed by atoms with Gasteiger partial charge < -0.3 is 9.13 Å². The monoisotopic (exact) mass is 794 g/mol. The number of fused-ring (bicyclic) bond motifs is 6. The quantitative estimate of drug-likeness (QED) is 0.136. The molecule has 0 fully saturated rings. The lowest BCUT2D eigenvalue weighted by molar-refractivity contribution is 1.04. The maximum absolute atomic E-state index is 5.30. The third-order valence-corrected chi connectivity index (χ3v) is 12.1. The van der Waals surface area contributed by atoms with Crippen LogP contribution < -0.4 is 0 Å². The molecule has 1 aliphatic carbocycles. The van der Waals surface area contributed by atoms with Gasteiger partial charge in [0.05, 0.1) is 39.1 Å². The second-order valence-electron chi connectivity index (χ2n) is 15.7. The van der Waals surface area contributed by atoms with Crippen molar-refractivity contribution >= 4 is 54.8 Å². The van der Waals surface area contributed by atoms with Crippen molar-refractivity contribution in [1.29, 1.82) is 0 Å². The Balaban J connectivity index is 1.22. The highest BCUT2D eigenvalue weighted by Crippen LogP contribution is 2.44. The molecule has 7 aromatic carbocycles. The molecule has 62 heavy (non-hydrogen) atoms. The molecular weight excluding hydrogens is 753 g/mol. The lowest BCUT2D eigenvalue weighted by Gasteiger charge is -2.22. The van der Waals surface area contributed by atoms with Crippen molar-refractivity contribution in [3.05, 3.63) is 231 Å². The molecule has 4 nitrogen and oxygen atoms in total. The summed E-state index contributed by atoms with van der Waals surface area (Å²) >= 11 is 0. The van der Waals surface area contributed by atoms with E-state index in [2.05, 4.69) is 186 Å². The number of nitrogens with zero attached hydrogens (tertiary/aromatic N) is 4. The summed E-state index contributed by atoms with van der Waals surface area (Å²) in [4.78, 5) is 10.6. The van der Waals surface area contributed by atoms with Gasteiger partial charge in [0.1, 0.15) is 0 Å². The molecule has 0 aliphatic heterocycles. The smallest absolute Gasteiger partial charge is 0.160 e. The van der Waals surface area contributed by atoms with Gasteiger partial charge in [0.2, 0.25) is 0 Å². The molecule has 0 amide bonds. The van der Waals surface area contributed by atoms with Gasteiger partial charge in [0.15, 0.2) is 5.82 Å². The molecular formula is C58H42N4. The third kappa shape index (κ3) is 6.24. The molecule has 0 N–H and O–H groups in total. The van der Waals surface area contributed by atoms with E-state index in [1.54, 1.807) is 6.08 Å². The van der Waals surface area contributed by atoms with Crippen LogP contribution in [-0.2, 0) is 0 Å². The van der Waals surface area contributed by atoms with Gasteiger partial charge in [-0.2, -0.15) is 0 Å². The predicted molar refractivity (Wildman–Crippen MR) is 262 cm³/mol. The zero-order valence-corrected chi connectivity index (χ0v) is 34.2. The van der Waals surface area contributed by atoms with Crippen LogP contribution in [0.15, 0.2) is 219 Å². The largest absolute Gasteiger partial charge is 0.309 e. The van der Waals surface area contributed by atoms with Gasteiger partial charge in [-0.3, -0.25) is 0 Å². The van der Waals surface area contributed by atoms with Crippen LogP contribution in [0.4, 0.5) is 0 Å². The number of rotatable bonds is 9. The normalized spacial score (nSPS) is 13.0. The third-order valence-electron chi connectivity index (χ3n) is 12.1. The minimum Gasteiger partial charge on any atom is -0.309 e. The Labute approximate surface area is 361 Å². The summed E-state index contributed by atoms with van der Waals surface area (Å²) in [7, 11) is 0. The van der Waals surface area contributed by atoms with E-state index in [1.165, 1.54) is 38.2 Å². The molecule has 11 rings (SSSR count). The van der Waals surface area contributed by atoms with E-state index in [0.29, 0.717) is 5.82 Å². The van der Waals surface area contributed by atoms with Crippen molar-refractivity contribution in [2.45, 2.75) is 12.8 Å². The van der Waals surface area contributed by atoms with E-state index in [9.17, 15) is 0 Å². The van der Waals surface area contributed by atoms with Crippen LogP contribution in [0.2, 0.25) is 0 Å². The molecule has 294 valence electrons. The average molecular weight is 795 g/mol. The summed E-state index contributed by atoms with van der Waals surface area (Å²) in [5.74, 6) is 0.640. The van der Waals surface area contributed by atoms with E-state index in [4.69, 9.17) is 9.97 Å². The fraction of sp³-hybridized carbons (Fsp3) is 0.0345. The first-order valence-electron chi connectivity index (χ1n) is 21.2. The van der Waals surface area contributed by atoms with Gasteiger partial charge in [0.25, 0.3) is 0 Å². The first kappa shape index (κ1) is 37.0. The highest BCUT2D eigenvalue weighted by molar-refractivity contribution is 6.13. The first-order chi connectivity index (χ1) is 30.7. The molecule has 0 bridgehead atoms. The lowest BCUT2D eigenvalue weighted by Crippen LogP contribution is -2.05. The zero-order chi connectivity index (χ0) is 41.6. The minimum absolute atomic E-state index is 0.640. The van der Waals surface area contributed by atoms with Crippen LogP contribution in [0, 0.1) is 0 Å². The topological polar surface area (TPSA) is 35.6 Å². The number of benzene rings is 7. The van der Waals surface area contributed by atoms with Crippen molar-refractivity contribution in [3.63, 3.8) is 0 Å². The highest BCUT2D eigenvalue weighted by atomic mass is 15.0. The predicted octanol–water partition coefficient (Wildman–Crippen LogP) is 15.2. The van der Waals surface area contributed by atoms with E-state index in [0.717, 1.165) is 80.0 Å². The maximum atomic E-state index is 5.30. The zero-order valence-electron chi connectivity index (χ0n) is 34.2. The SMILES string of the molecule is C=C/C=C(\C=C)c1cc(-c2ccccc2)nc(-c2cc(C3=CCCC=C3)c(-n3c4ccccc4c4cc(-n5c6ccccc6c6ccccc65)ccc43)c(-c3ccccc3)c2)n1. The summed E-state index contributed by atoms with van der Waals surface area (Å²) < 4.78 is 4.89. The van der Waals surface area contributed by atoms with Crippen LogP contribution >= 0.6 is 0 Å². The Kier molecular flexibility index (Phi) is 9.24. The molecule has 4 heteroatoms. The Hall–Kier alpha value is -8.08. The number of para-hydroxylation sites is 3. The van der Waals surface area contributed by atoms with Crippen molar-refractivity contribution in [3.8, 4) is 45.1 Å². The fourth-order valence-electron chi connectivity index (χ4n) is 9.28. The fourth-order valence-corrected chi connectivity index (χ4v) is 9.28. The van der Waals surface area contributed by atoms with Crippen LogP contribution in [-0.4, -0.2) is 19.1 Å². The van der Waals surface area contributed by atoms with Gasteiger partial charge in [0, 0.05) is 49.5 Å². The average Bonchev–Trinajstić information content (AvgIpc) is 3.86. The molecule has 3 aromatic heterocycles. The second kappa shape index (κ2) is 15.5. The molecule has 3 heterocycles. The van der Waals surface area contributed by atoms with E-state index in [-0.39, 0.29) is 0 Å². The van der Waals surface area contributed by atoms with E-state index >= 15 is 0 Å². The molecule has 0 atom stereocenters. The first-order valence-corrected chi connectivity index (χ1v) is 21.2. The van der Waals surface area contributed by atoms with Crippen molar-refractivity contribution in [2.75, 3.05) is 0 Å². The Morgan fingerprint density at radius 2 is 1.11 bits per heavy atom. The summed E-state index contributed by atoms with van der Waals surface area (Å²) in [5.41, 5.74) is 15.9.